The van der Waals surface area contributed by atoms with Crippen LogP contribution in [0.25, 0.3) is 0 Å². The summed E-state index contributed by atoms with van der Waals surface area (Å²) in [6.07, 6.45) is 0. The van der Waals surface area contributed by atoms with Crippen molar-refractivity contribution in [3.63, 3.8) is 0 Å². The van der Waals surface area contributed by atoms with E-state index in [1.54, 1.807) is 0 Å². The van der Waals surface area contributed by atoms with Crippen LogP contribution in [0.15, 0.2) is 16.2 Å². The quantitative estimate of drug-likeness (QED) is 0.248. The van der Waals surface area contributed by atoms with Crippen LogP contribution in [-0.2, 0) is 0 Å². The zero-order valence-corrected chi connectivity index (χ0v) is 11.0. The number of hydrogen-bond acceptors (Lipinski definition) is 5. The number of nitrogens with zero attached hydrogens (tertiary/aromatic N) is 2. The average Bonchev–Trinajstić information content (AvgIpc) is 2.27. The molecule has 0 bridgehead atoms. The van der Waals surface area contributed by atoms with E-state index in [0.717, 1.165) is 11.3 Å². The molecular formula is C11H17N3O2S. The summed E-state index contributed by atoms with van der Waals surface area (Å²) in [6, 6.07) is 1.88. The van der Waals surface area contributed by atoms with Crippen molar-refractivity contribution in [3.8, 4) is 0 Å². The predicted octanol–water partition coefficient (Wildman–Crippen LogP) is 1.27. The molecule has 1 rings (SSSR count). The molecule has 0 saturated carbocycles. The van der Waals surface area contributed by atoms with Gasteiger partial charge in [-0.1, -0.05) is 12.1 Å². The smallest absolute Gasteiger partial charge is 0.173 e. The SMILES string of the molecule is Cc1cc(C)c(/C(N)=N/O)c(SC(C)CO)n1. The number of aliphatic hydroxyl groups excluding tert-OH is 1. The molecule has 1 atom stereocenters. The number of amidine groups is 1. The van der Waals surface area contributed by atoms with Crippen molar-refractivity contribution in [2.45, 2.75) is 31.0 Å². The van der Waals surface area contributed by atoms with Gasteiger partial charge in [0, 0.05) is 10.9 Å². The highest BCUT2D eigenvalue weighted by atomic mass is 32.2. The van der Waals surface area contributed by atoms with Crippen LogP contribution < -0.4 is 5.73 Å². The van der Waals surface area contributed by atoms with Crippen LogP contribution in [0.3, 0.4) is 0 Å². The fraction of sp³-hybridized carbons (Fsp3) is 0.455. The summed E-state index contributed by atoms with van der Waals surface area (Å²) in [7, 11) is 0. The summed E-state index contributed by atoms with van der Waals surface area (Å²) >= 11 is 1.41. The maximum atomic E-state index is 9.06. The molecule has 6 heteroatoms. The first-order valence-corrected chi connectivity index (χ1v) is 6.11. The monoisotopic (exact) mass is 255 g/mol. The lowest BCUT2D eigenvalue weighted by molar-refractivity contribution is 0.300. The first kappa shape index (κ1) is 13.8. The molecule has 0 fully saturated rings. The Labute approximate surface area is 105 Å². The third-order valence-corrected chi connectivity index (χ3v) is 3.32. The number of pyridine rings is 1. The van der Waals surface area contributed by atoms with Crippen molar-refractivity contribution < 1.29 is 10.3 Å². The Bertz CT molecular complexity index is 435. The first-order chi connectivity index (χ1) is 7.99. The number of thioether (sulfide) groups is 1. The molecule has 1 unspecified atom stereocenters. The largest absolute Gasteiger partial charge is 0.409 e. The Morgan fingerprint density at radius 2 is 2.24 bits per heavy atom. The summed E-state index contributed by atoms with van der Waals surface area (Å²) in [5.41, 5.74) is 8.04. The van der Waals surface area contributed by atoms with Crippen LogP contribution in [0.1, 0.15) is 23.7 Å². The van der Waals surface area contributed by atoms with Crippen LogP contribution >= 0.6 is 11.8 Å². The molecule has 0 radical (unpaired) electrons. The molecule has 0 aromatic carbocycles. The molecule has 94 valence electrons. The second-order valence-electron chi connectivity index (χ2n) is 3.86. The van der Waals surface area contributed by atoms with Gasteiger partial charge in [0.1, 0.15) is 5.03 Å². The lowest BCUT2D eigenvalue weighted by Gasteiger charge is -2.13. The van der Waals surface area contributed by atoms with Crippen molar-refractivity contribution in [1.29, 1.82) is 0 Å². The van der Waals surface area contributed by atoms with E-state index in [1.165, 1.54) is 11.8 Å². The van der Waals surface area contributed by atoms with Gasteiger partial charge in [-0.25, -0.2) is 4.98 Å². The fourth-order valence-corrected chi connectivity index (χ4v) is 2.51. The zero-order chi connectivity index (χ0) is 13.0. The molecule has 0 aliphatic carbocycles. The summed E-state index contributed by atoms with van der Waals surface area (Å²) < 4.78 is 0. The highest BCUT2D eigenvalue weighted by molar-refractivity contribution is 7.99. The summed E-state index contributed by atoms with van der Waals surface area (Å²) in [5, 5.41) is 21.5. The van der Waals surface area contributed by atoms with Crippen LogP contribution in [-0.4, -0.2) is 33.0 Å². The molecule has 5 nitrogen and oxygen atoms in total. The number of aromatic nitrogens is 1. The maximum absolute atomic E-state index is 9.06. The zero-order valence-electron chi connectivity index (χ0n) is 10.1. The summed E-state index contributed by atoms with van der Waals surface area (Å²) in [5.74, 6) is 0.0441. The van der Waals surface area contributed by atoms with Gasteiger partial charge in [-0.15, -0.1) is 11.8 Å². The lowest BCUT2D eigenvalue weighted by Crippen LogP contribution is -2.18. The van der Waals surface area contributed by atoms with Gasteiger partial charge in [0.15, 0.2) is 5.84 Å². The number of hydrogen-bond donors (Lipinski definition) is 3. The molecular weight excluding hydrogens is 238 g/mol. The first-order valence-electron chi connectivity index (χ1n) is 5.23. The van der Waals surface area contributed by atoms with E-state index in [4.69, 9.17) is 16.0 Å². The van der Waals surface area contributed by atoms with E-state index in [-0.39, 0.29) is 17.7 Å². The number of nitrogens with two attached hydrogens (primary N) is 1. The highest BCUT2D eigenvalue weighted by Gasteiger charge is 2.15. The predicted molar refractivity (Wildman–Crippen MR) is 68.6 cm³/mol. The lowest BCUT2D eigenvalue weighted by atomic mass is 10.1. The third kappa shape index (κ3) is 3.34. The van der Waals surface area contributed by atoms with Crippen molar-refractivity contribution in [3.05, 3.63) is 22.9 Å². The van der Waals surface area contributed by atoms with Gasteiger partial charge in [0.25, 0.3) is 0 Å². The maximum Gasteiger partial charge on any atom is 0.173 e. The number of rotatable bonds is 4. The number of aryl methyl sites for hydroxylation is 2. The van der Waals surface area contributed by atoms with Gasteiger partial charge in [-0.05, 0) is 25.5 Å². The van der Waals surface area contributed by atoms with Gasteiger partial charge in [0.05, 0.1) is 12.2 Å². The van der Waals surface area contributed by atoms with Crippen LogP contribution in [0.4, 0.5) is 0 Å². The second kappa shape index (κ2) is 5.88. The summed E-state index contributed by atoms with van der Waals surface area (Å²) in [4.78, 5) is 4.37. The average molecular weight is 255 g/mol. The van der Waals surface area contributed by atoms with E-state index >= 15 is 0 Å². The van der Waals surface area contributed by atoms with Crippen molar-refractivity contribution >= 4 is 17.6 Å². The van der Waals surface area contributed by atoms with Crippen molar-refractivity contribution in [1.82, 2.24) is 4.98 Å². The molecule has 0 aliphatic rings. The Morgan fingerprint density at radius 1 is 1.59 bits per heavy atom. The van der Waals surface area contributed by atoms with E-state index in [2.05, 4.69) is 10.1 Å². The molecule has 17 heavy (non-hydrogen) atoms. The Morgan fingerprint density at radius 3 is 2.76 bits per heavy atom. The molecule has 0 aliphatic heterocycles. The van der Waals surface area contributed by atoms with Gasteiger partial charge in [0.2, 0.25) is 0 Å². The molecule has 0 saturated heterocycles. The Hall–Kier alpha value is -1.27. The number of oxime groups is 1. The molecule has 0 spiro atoms. The Balaban J connectivity index is 3.25. The molecule has 0 amide bonds. The van der Waals surface area contributed by atoms with Crippen LogP contribution in [0.2, 0.25) is 0 Å². The fourth-order valence-electron chi connectivity index (χ4n) is 1.48. The van der Waals surface area contributed by atoms with E-state index in [9.17, 15) is 0 Å². The van der Waals surface area contributed by atoms with Crippen LogP contribution in [0.5, 0.6) is 0 Å². The third-order valence-electron chi connectivity index (χ3n) is 2.25. The standard InChI is InChI=1S/C11H17N3O2S/c1-6-4-7(2)13-11(17-8(3)5-15)9(6)10(12)14-16/h4,8,15-16H,5H2,1-3H3,(H2,12,14). The summed E-state index contributed by atoms with van der Waals surface area (Å²) in [6.45, 7) is 5.71. The van der Waals surface area contributed by atoms with Gasteiger partial charge < -0.3 is 16.0 Å². The van der Waals surface area contributed by atoms with Gasteiger partial charge >= 0.3 is 0 Å². The normalized spacial score (nSPS) is 13.8. The van der Waals surface area contributed by atoms with Gasteiger partial charge in [-0.3, -0.25) is 0 Å². The molecule has 4 N–H and O–H groups in total. The van der Waals surface area contributed by atoms with Crippen molar-refractivity contribution in [2.24, 2.45) is 10.9 Å². The minimum Gasteiger partial charge on any atom is -0.409 e. The Kier molecular flexibility index (Phi) is 4.77. The highest BCUT2D eigenvalue weighted by Crippen LogP contribution is 2.27. The van der Waals surface area contributed by atoms with Crippen molar-refractivity contribution in [2.75, 3.05) is 6.61 Å². The molecule has 1 aromatic heterocycles. The van der Waals surface area contributed by atoms with E-state index in [0.29, 0.717) is 10.6 Å². The van der Waals surface area contributed by atoms with E-state index in [1.807, 2.05) is 26.8 Å². The van der Waals surface area contributed by atoms with E-state index < -0.39 is 0 Å². The minimum absolute atomic E-state index is 0.00828. The minimum atomic E-state index is 0.00828. The second-order valence-corrected chi connectivity index (χ2v) is 5.28. The number of aliphatic hydroxyl groups is 1. The van der Waals surface area contributed by atoms with Gasteiger partial charge in [-0.2, -0.15) is 0 Å². The molecule has 1 aromatic rings. The van der Waals surface area contributed by atoms with Crippen LogP contribution in [0, 0.1) is 13.8 Å². The molecule has 1 heterocycles. The topological polar surface area (TPSA) is 91.7 Å².